The van der Waals surface area contributed by atoms with Gasteiger partial charge in [-0.15, -0.1) is 0 Å². The monoisotopic (exact) mass is 332 g/mol. The molecular formula is C13H20N2O6S. The maximum atomic E-state index is 12.7. The first kappa shape index (κ1) is 15.7. The number of fused-ring (bicyclic) bond motifs is 2. The lowest BCUT2D eigenvalue weighted by Crippen LogP contribution is -2.54. The summed E-state index contributed by atoms with van der Waals surface area (Å²) in [7, 11) is -3.25. The quantitative estimate of drug-likeness (QED) is 0.708. The molecule has 3 aliphatic heterocycles. The number of rotatable bonds is 3. The number of carboxylic acids is 1. The number of aliphatic carboxylic acids is 1. The van der Waals surface area contributed by atoms with Crippen molar-refractivity contribution in [2.24, 2.45) is 11.8 Å². The molecule has 3 heterocycles. The number of carbonyl (C=O) groups is 2. The molecule has 3 saturated heterocycles. The van der Waals surface area contributed by atoms with Crippen molar-refractivity contribution < 1.29 is 27.9 Å². The minimum atomic E-state index is -3.25. The second-order valence-electron chi connectivity index (χ2n) is 6.17. The molecule has 0 aromatic carbocycles. The molecule has 0 saturated carbocycles. The number of carbonyl (C=O) groups excluding carboxylic acids is 1. The van der Waals surface area contributed by atoms with Crippen LogP contribution < -0.4 is 0 Å². The van der Waals surface area contributed by atoms with Crippen molar-refractivity contribution in [3.8, 4) is 0 Å². The normalized spacial score (nSPS) is 35.8. The van der Waals surface area contributed by atoms with Crippen LogP contribution in [0.1, 0.15) is 12.8 Å². The molecule has 124 valence electrons. The first-order valence-corrected chi connectivity index (χ1v) is 9.26. The predicted octanol–water partition coefficient (Wildman–Crippen LogP) is -1.03. The Hall–Kier alpha value is -1.19. The van der Waals surface area contributed by atoms with Gasteiger partial charge in [0.2, 0.25) is 15.9 Å². The molecule has 22 heavy (non-hydrogen) atoms. The third-order valence-electron chi connectivity index (χ3n) is 4.86. The molecule has 9 heteroatoms. The Bertz CT molecular complexity index is 583. The molecule has 8 nitrogen and oxygen atoms in total. The SMILES string of the molecule is CS(=O)(=O)N1CCN(C(=O)[C@H]2[C@@H](C(=O)O)[C@H]3CC[C@@H]2O3)CC1. The van der Waals surface area contributed by atoms with E-state index in [4.69, 9.17) is 4.74 Å². The van der Waals surface area contributed by atoms with E-state index in [2.05, 4.69) is 0 Å². The van der Waals surface area contributed by atoms with Gasteiger partial charge in [-0.3, -0.25) is 9.59 Å². The maximum absolute atomic E-state index is 12.7. The van der Waals surface area contributed by atoms with E-state index < -0.39 is 27.8 Å². The molecule has 0 aliphatic carbocycles. The number of nitrogens with zero attached hydrogens (tertiary/aromatic N) is 2. The van der Waals surface area contributed by atoms with E-state index in [1.165, 1.54) is 4.31 Å². The highest BCUT2D eigenvalue weighted by Gasteiger charge is 2.56. The zero-order valence-electron chi connectivity index (χ0n) is 12.3. The number of piperazine rings is 1. The molecule has 2 bridgehead atoms. The first-order valence-electron chi connectivity index (χ1n) is 7.41. The fourth-order valence-corrected chi connectivity index (χ4v) is 4.58. The second-order valence-corrected chi connectivity index (χ2v) is 8.15. The molecule has 3 fully saturated rings. The average Bonchev–Trinajstić information content (AvgIpc) is 3.06. The molecule has 0 aromatic rings. The van der Waals surface area contributed by atoms with Gasteiger partial charge >= 0.3 is 5.97 Å². The molecule has 1 amide bonds. The zero-order valence-corrected chi connectivity index (χ0v) is 13.2. The van der Waals surface area contributed by atoms with E-state index in [9.17, 15) is 23.1 Å². The number of carboxylic acid groups (broad SMARTS) is 1. The van der Waals surface area contributed by atoms with Gasteiger partial charge in [0.05, 0.1) is 30.3 Å². The highest BCUT2D eigenvalue weighted by molar-refractivity contribution is 7.88. The van der Waals surface area contributed by atoms with Gasteiger partial charge in [-0.2, -0.15) is 4.31 Å². The van der Waals surface area contributed by atoms with Crippen molar-refractivity contribution in [1.29, 1.82) is 0 Å². The molecule has 4 atom stereocenters. The first-order chi connectivity index (χ1) is 10.3. The summed E-state index contributed by atoms with van der Waals surface area (Å²) in [6.07, 6.45) is 1.87. The number of amides is 1. The fourth-order valence-electron chi connectivity index (χ4n) is 3.76. The standard InChI is InChI=1S/C13H20N2O6S/c1-22(19,20)15-6-4-14(5-7-15)12(16)10-8-2-3-9(21-8)11(10)13(17)18/h8-11H,2-7H2,1H3,(H,17,18)/t8-,9+,10+,11-/m0/s1. The highest BCUT2D eigenvalue weighted by Crippen LogP contribution is 2.44. The summed E-state index contributed by atoms with van der Waals surface area (Å²) in [6.45, 7) is 1.10. The zero-order chi connectivity index (χ0) is 16.1. The van der Waals surface area contributed by atoms with Crippen LogP contribution in [0.25, 0.3) is 0 Å². The molecular weight excluding hydrogens is 312 g/mol. The number of hydrogen-bond acceptors (Lipinski definition) is 5. The van der Waals surface area contributed by atoms with Crippen LogP contribution in [0.2, 0.25) is 0 Å². The van der Waals surface area contributed by atoms with Gasteiger partial charge in [-0.1, -0.05) is 0 Å². The van der Waals surface area contributed by atoms with Crippen LogP contribution in [0.3, 0.4) is 0 Å². The summed E-state index contributed by atoms with van der Waals surface area (Å²) < 4.78 is 29.9. The van der Waals surface area contributed by atoms with Crippen molar-refractivity contribution >= 4 is 21.9 Å². The largest absolute Gasteiger partial charge is 0.481 e. The van der Waals surface area contributed by atoms with E-state index in [0.717, 1.165) is 6.26 Å². The van der Waals surface area contributed by atoms with Crippen LogP contribution in [0.4, 0.5) is 0 Å². The summed E-state index contributed by atoms with van der Waals surface area (Å²) in [5.74, 6) is -2.62. The molecule has 1 N–H and O–H groups in total. The van der Waals surface area contributed by atoms with Gasteiger partial charge in [0.25, 0.3) is 0 Å². The van der Waals surface area contributed by atoms with Gasteiger partial charge in [0.1, 0.15) is 0 Å². The van der Waals surface area contributed by atoms with Crippen molar-refractivity contribution in [3.63, 3.8) is 0 Å². The average molecular weight is 332 g/mol. The molecule has 3 rings (SSSR count). The number of hydrogen-bond donors (Lipinski definition) is 1. The topological polar surface area (TPSA) is 104 Å². The van der Waals surface area contributed by atoms with E-state index >= 15 is 0 Å². The van der Waals surface area contributed by atoms with Crippen molar-refractivity contribution in [3.05, 3.63) is 0 Å². The Balaban J connectivity index is 1.69. The van der Waals surface area contributed by atoms with Gasteiger partial charge in [0, 0.05) is 26.2 Å². The maximum Gasteiger partial charge on any atom is 0.310 e. The van der Waals surface area contributed by atoms with Crippen LogP contribution in [0.5, 0.6) is 0 Å². The van der Waals surface area contributed by atoms with E-state index in [1.54, 1.807) is 4.90 Å². The lowest BCUT2D eigenvalue weighted by molar-refractivity contribution is -0.151. The molecule has 0 unspecified atom stereocenters. The minimum Gasteiger partial charge on any atom is -0.481 e. The van der Waals surface area contributed by atoms with E-state index in [1.807, 2.05) is 0 Å². The highest BCUT2D eigenvalue weighted by atomic mass is 32.2. The lowest BCUT2D eigenvalue weighted by atomic mass is 9.78. The van der Waals surface area contributed by atoms with E-state index in [-0.39, 0.29) is 31.2 Å². The van der Waals surface area contributed by atoms with Gasteiger partial charge in [0.15, 0.2) is 0 Å². The van der Waals surface area contributed by atoms with Crippen LogP contribution in [-0.4, -0.2) is 79.2 Å². The Morgan fingerprint density at radius 1 is 1.05 bits per heavy atom. The van der Waals surface area contributed by atoms with Crippen molar-refractivity contribution in [2.75, 3.05) is 32.4 Å². The van der Waals surface area contributed by atoms with Crippen molar-refractivity contribution in [2.45, 2.75) is 25.0 Å². The summed E-state index contributed by atoms with van der Waals surface area (Å²) in [6, 6.07) is 0. The predicted molar refractivity (Wildman–Crippen MR) is 75.5 cm³/mol. The van der Waals surface area contributed by atoms with Crippen LogP contribution in [0.15, 0.2) is 0 Å². The van der Waals surface area contributed by atoms with E-state index in [0.29, 0.717) is 25.9 Å². The molecule has 0 aromatic heterocycles. The van der Waals surface area contributed by atoms with Gasteiger partial charge < -0.3 is 14.7 Å². The Labute approximate surface area is 129 Å². The van der Waals surface area contributed by atoms with Gasteiger partial charge in [-0.25, -0.2) is 8.42 Å². The summed E-state index contributed by atoms with van der Waals surface area (Å²) in [4.78, 5) is 25.7. The number of sulfonamides is 1. The number of ether oxygens (including phenoxy) is 1. The van der Waals surface area contributed by atoms with Gasteiger partial charge in [-0.05, 0) is 12.8 Å². The molecule has 3 aliphatic rings. The fraction of sp³-hybridized carbons (Fsp3) is 0.846. The Kier molecular flexibility index (Phi) is 3.90. The summed E-state index contributed by atoms with van der Waals surface area (Å²) >= 11 is 0. The third kappa shape index (κ3) is 2.61. The minimum absolute atomic E-state index is 0.215. The summed E-state index contributed by atoms with van der Waals surface area (Å²) in [5, 5.41) is 9.36. The second kappa shape index (κ2) is 5.47. The Morgan fingerprint density at radius 2 is 1.59 bits per heavy atom. The summed E-state index contributed by atoms with van der Waals surface area (Å²) in [5.41, 5.74) is 0. The molecule has 0 spiro atoms. The van der Waals surface area contributed by atoms with Crippen molar-refractivity contribution in [1.82, 2.24) is 9.21 Å². The van der Waals surface area contributed by atoms with Crippen LogP contribution >= 0.6 is 0 Å². The molecule has 0 radical (unpaired) electrons. The van der Waals surface area contributed by atoms with Crippen LogP contribution in [0, 0.1) is 11.8 Å². The lowest BCUT2D eigenvalue weighted by Gasteiger charge is -2.36. The Morgan fingerprint density at radius 3 is 2.09 bits per heavy atom. The van der Waals surface area contributed by atoms with Crippen LogP contribution in [-0.2, 0) is 24.3 Å². The third-order valence-corrected chi connectivity index (χ3v) is 6.17. The smallest absolute Gasteiger partial charge is 0.310 e.